The summed E-state index contributed by atoms with van der Waals surface area (Å²) in [6.07, 6.45) is 4.73. The molecule has 1 atom stereocenters. The van der Waals surface area contributed by atoms with Gasteiger partial charge in [-0.1, -0.05) is 19.4 Å². The molecule has 0 saturated heterocycles. The van der Waals surface area contributed by atoms with Crippen LogP contribution in [0.15, 0.2) is 12.7 Å². The molecule has 19 heavy (non-hydrogen) atoms. The molecule has 0 spiro atoms. The second-order valence-corrected chi connectivity index (χ2v) is 4.85. The van der Waals surface area contributed by atoms with E-state index >= 15 is 0 Å². The minimum absolute atomic E-state index is 0.382. The summed E-state index contributed by atoms with van der Waals surface area (Å²) in [7, 11) is 0. The number of allylic oxidation sites excluding steroid dienone is 1. The molecule has 0 fully saturated rings. The van der Waals surface area contributed by atoms with Crippen LogP contribution in [0.25, 0.3) is 0 Å². The van der Waals surface area contributed by atoms with Crippen LogP contribution in [0, 0.1) is 4.77 Å². The number of unbranched alkanes of at least 4 members (excludes halogenated alkanes) is 1. The quantitative estimate of drug-likeness (QED) is 0.393. The van der Waals surface area contributed by atoms with E-state index in [1.807, 2.05) is 4.57 Å². The van der Waals surface area contributed by atoms with Crippen LogP contribution in [-0.2, 0) is 17.7 Å². The van der Waals surface area contributed by atoms with E-state index in [1.165, 1.54) is 0 Å². The second-order valence-electron chi connectivity index (χ2n) is 4.47. The van der Waals surface area contributed by atoms with Gasteiger partial charge < -0.3 is 14.4 Å². The van der Waals surface area contributed by atoms with Crippen molar-refractivity contribution in [1.82, 2.24) is 14.8 Å². The molecule has 0 saturated carbocycles. The van der Waals surface area contributed by atoms with Gasteiger partial charge >= 0.3 is 0 Å². The van der Waals surface area contributed by atoms with E-state index in [2.05, 4.69) is 23.7 Å². The smallest absolute Gasteiger partial charge is 0.195 e. The SMILES string of the molecule is C=CCn1c(CC[C@@H](O)COCCCC)n[nH]c1=S. The van der Waals surface area contributed by atoms with Crippen LogP contribution in [0.1, 0.15) is 32.0 Å². The van der Waals surface area contributed by atoms with Gasteiger partial charge in [-0.3, -0.25) is 5.10 Å². The third-order valence-electron chi connectivity index (χ3n) is 2.80. The van der Waals surface area contributed by atoms with Crippen LogP contribution in [0.3, 0.4) is 0 Å². The Morgan fingerprint density at radius 3 is 3.11 bits per heavy atom. The molecule has 0 bridgehead atoms. The topological polar surface area (TPSA) is 63.1 Å². The lowest BCUT2D eigenvalue weighted by Gasteiger charge is -2.11. The predicted octanol–water partition coefficient (Wildman–Crippen LogP) is 2.24. The van der Waals surface area contributed by atoms with E-state index in [4.69, 9.17) is 17.0 Å². The fourth-order valence-corrected chi connectivity index (χ4v) is 1.93. The van der Waals surface area contributed by atoms with Gasteiger partial charge in [-0.05, 0) is 25.1 Å². The largest absolute Gasteiger partial charge is 0.391 e. The maximum absolute atomic E-state index is 9.82. The number of aliphatic hydroxyl groups is 1. The minimum atomic E-state index is -0.459. The number of aryl methyl sites for hydroxylation is 1. The molecular weight excluding hydrogens is 262 g/mol. The van der Waals surface area contributed by atoms with Gasteiger partial charge in [0.25, 0.3) is 0 Å². The Balaban J connectivity index is 2.35. The molecule has 2 N–H and O–H groups in total. The zero-order valence-electron chi connectivity index (χ0n) is 11.5. The maximum atomic E-state index is 9.82. The van der Waals surface area contributed by atoms with E-state index in [-0.39, 0.29) is 0 Å². The van der Waals surface area contributed by atoms with Crippen LogP contribution >= 0.6 is 12.2 Å². The number of aromatic amines is 1. The number of aliphatic hydroxyl groups excluding tert-OH is 1. The van der Waals surface area contributed by atoms with Crippen molar-refractivity contribution >= 4 is 12.2 Å². The minimum Gasteiger partial charge on any atom is -0.391 e. The van der Waals surface area contributed by atoms with E-state index in [1.54, 1.807) is 6.08 Å². The van der Waals surface area contributed by atoms with Gasteiger partial charge in [0.15, 0.2) is 4.77 Å². The average molecular weight is 285 g/mol. The predicted molar refractivity (Wildman–Crippen MR) is 77.7 cm³/mol. The van der Waals surface area contributed by atoms with Crippen molar-refractivity contribution in [3.63, 3.8) is 0 Å². The molecule has 0 unspecified atom stereocenters. The monoisotopic (exact) mass is 285 g/mol. The summed E-state index contributed by atoms with van der Waals surface area (Å²) < 4.78 is 7.85. The van der Waals surface area contributed by atoms with Crippen LogP contribution < -0.4 is 0 Å². The van der Waals surface area contributed by atoms with Crippen molar-refractivity contribution in [2.24, 2.45) is 0 Å². The molecule has 1 aromatic heterocycles. The van der Waals surface area contributed by atoms with Gasteiger partial charge in [-0.15, -0.1) is 6.58 Å². The molecule has 0 aliphatic carbocycles. The van der Waals surface area contributed by atoms with Gasteiger partial charge in [0.1, 0.15) is 5.82 Å². The molecule has 1 rings (SSSR count). The van der Waals surface area contributed by atoms with Crippen LogP contribution in [0.4, 0.5) is 0 Å². The van der Waals surface area contributed by atoms with E-state index in [0.717, 1.165) is 18.7 Å². The van der Waals surface area contributed by atoms with Crippen molar-refractivity contribution in [1.29, 1.82) is 0 Å². The zero-order valence-corrected chi connectivity index (χ0v) is 12.3. The van der Waals surface area contributed by atoms with Gasteiger partial charge in [0.05, 0.1) is 12.7 Å². The number of ether oxygens (including phenoxy) is 1. The zero-order chi connectivity index (χ0) is 14.1. The molecule has 0 aliphatic rings. The summed E-state index contributed by atoms with van der Waals surface area (Å²) in [5.41, 5.74) is 0. The Kier molecular flexibility index (Phi) is 7.62. The molecule has 0 radical (unpaired) electrons. The fourth-order valence-electron chi connectivity index (χ4n) is 1.70. The molecule has 0 amide bonds. The highest BCUT2D eigenvalue weighted by atomic mass is 32.1. The molecule has 5 nitrogen and oxygen atoms in total. The molecule has 108 valence electrons. The number of hydrogen-bond acceptors (Lipinski definition) is 4. The number of hydrogen-bond donors (Lipinski definition) is 2. The number of rotatable bonds is 10. The third-order valence-corrected chi connectivity index (χ3v) is 3.11. The van der Waals surface area contributed by atoms with Crippen molar-refractivity contribution in [3.8, 4) is 0 Å². The average Bonchev–Trinajstić information content (AvgIpc) is 2.74. The van der Waals surface area contributed by atoms with Gasteiger partial charge in [0, 0.05) is 19.6 Å². The highest BCUT2D eigenvalue weighted by molar-refractivity contribution is 7.71. The maximum Gasteiger partial charge on any atom is 0.195 e. The first-order chi connectivity index (χ1) is 9.19. The van der Waals surface area contributed by atoms with Crippen molar-refractivity contribution in [2.75, 3.05) is 13.2 Å². The number of nitrogens with zero attached hydrogens (tertiary/aromatic N) is 2. The summed E-state index contributed by atoms with van der Waals surface area (Å²) in [4.78, 5) is 0. The van der Waals surface area contributed by atoms with Crippen LogP contribution in [0.5, 0.6) is 0 Å². The van der Waals surface area contributed by atoms with Crippen molar-refractivity contribution < 1.29 is 9.84 Å². The molecule has 1 aromatic rings. The van der Waals surface area contributed by atoms with Crippen LogP contribution in [0.2, 0.25) is 0 Å². The summed E-state index contributed by atoms with van der Waals surface area (Å²) in [5, 5.41) is 16.7. The Morgan fingerprint density at radius 2 is 2.42 bits per heavy atom. The van der Waals surface area contributed by atoms with E-state index in [9.17, 15) is 5.11 Å². The fraction of sp³-hybridized carbons (Fsp3) is 0.692. The van der Waals surface area contributed by atoms with Gasteiger partial charge in [-0.25, -0.2) is 0 Å². The Morgan fingerprint density at radius 1 is 1.63 bits per heavy atom. The first-order valence-electron chi connectivity index (χ1n) is 6.69. The molecule has 6 heteroatoms. The summed E-state index contributed by atoms with van der Waals surface area (Å²) >= 11 is 5.13. The molecule has 0 aromatic carbocycles. The van der Waals surface area contributed by atoms with Crippen molar-refractivity contribution in [3.05, 3.63) is 23.3 Å². The summed E-state index contributed by atoms with van der Waals surface area (Å²) in [6.45, 7) is 7.53. The standard InChI is InChI=1S/C13H23N3O2S/c1-3-5-9-18-10-11(17)6-7-12-14-15-13(19)16(12)8-4-2/h4,11,17H,2-3,5-10H2,1H3,(H,15,19)/t11-/m1/s1. The highest BCUT2D eigenvalue weighted by Crippen LogP contribution is 2.05. The lowest BCUT2D eigenvalue weighted by atomic mass is 10.2. The number of aromatic nitrogens is 3. The molecule has 0 aliphatic heterocycles. The Hall–Kier alpha value is -0.980. The van der Waals surface area contributed by atoms with E-state index in [0.29, 0.717) is 37.4 Å². The second kappa shape index (κ2) is 9.01. The Labute approximate surface area is 119 Å². The Bertz CT molecular complexity index is 428. The van der Waals surface area contributed by atoms with Gasteiger partial charge in [-0.2, -0.15) is 5.10 Å². The summed E-state index contributed by atoms with van der Waals surface area (Å²) in [5.74, 6) is 0.845. The van der Waals surface area contributed by atoms with Crippen LogP contribution in [-0.4, -0.2) is 39.2 Å². The summed E-state index contributed by atoms with van der Waals surface area (Å²) in [6, 6.07) is 0. The first-order valence-corrected chi connectivity index (χ1v) is 7.10. The third kappa shape index (κ3) is 5.67. The highest BCUT2D eigenvalue weighted by Gasteiger charge is 2.09. The molecular formula is C13H23N3O2S. The van der Waals surface area contributed by atoms with E-state index < -0.39 is 6.10 Å². The lowest BCUT2D eigenvalue weighted by molar-refractivity contribution is 0.0313. The number of nitrogens with one attached hydrogen (secondary N) is 1. The van der Waals surface area contributed by atoms with Gasteiger partial charge in [0.2, 0.25) is 0 Å². The van der Waals surface area contributed by atoms with Crippen molar-refractivity contribution in [2.45, 2.75) is 45.3 Å². The number of H-pyrrole nitrogens is 1. The first kappa shape index (κ1) is 16.1. The normalized spacial score (nSPS) is 12.5. The molecule has 1 heterocycles. The lowest BCUT2D eigenvalue weighted by Crippen LogP contribution is -2.17.